The van der Waals surface area contributed by atoms with Gasteiger partial charge in [0.25, 0.3) is 0 Å². The SMILES string of the molecule is O=C(O)c1c(-c2ccc3c(c2)CCC3)n[nH]c1Cl. The Bertz CT molecular complexity index is 634. The molecule has 0 saturated heterocycles. The first kappa shape index (κ1) is 11.3. The highest BCUT2D eigenvalue weighted by atomic mass is 35.5. The molecule has 0 atom stereocenters. The van der Waals surface area contributed by atoms with Crippen LogP contribution in [-0.2, 0) is 12.8 Å². The molecule has 4 nitrogen and oxygen atoms in total. The molecular weight excluding hydrogens is 252 g/mol. The number of rotatable bonds is 2. The summed E-state index contributed by atoms with van der Waals surface area (Å²) < 4.78 is 0. The van der Waals surface area contributed by atoms with Gasteiger partial charge in [-0.3, -0.25) is 5.10 Å². The van der Waals surface area contributed by atoms with Crippen molar-refractivity contribution in [1.82, 2.24) is 10.2 Å². The molecule has 1 heterocycles. The third-order valence-electron chi connectivity index (χ3n) is 3.31. The van der Waals surface area contributed by atoms with E-state index in [0.29, 0.717) is 5.69 Å². The van der Waals surface area contributed by atoms with Crippen LogP contribution in [0.3, 0.4) is 0 Å². The van der Waals surface area contributed by atoms with E-state index in [9.17, 15) is 4.79 Å². The van der Waals surface area contributed by atoms with Gasteiger partial charge in [-0.05, 0) is 36.5 Å². The zero-order valence-electron chi connectivity index (χ0n) is 9.53. The van der Waals surface area contributed by atoms with Crippen LogP contribution in [0.5, 0.6) is 0 Å². The average Bonchev–Trinajstić information content (AvgIpc) is 2.93. The summed E-state index contributed by atoms with van der Waals surface area (Å²) >= 11 is 5.81. The van der Waals surface area contributed by atoms with Crippen molar-refractivity contribution in [2.75, 3.05) is 0 Å². The fourth-order valence-electron chi connectivity index (χ4n) is 2.44. The molecule has 0 saturated carbocycles. The fourth-order valence-corrected chi connectivity index (χ4v) is 2.66. The van der Waals surface area contributed by atoms with E-state index in [0.717, 1.165) is 24.8 Å². The molecule has 0 spiro atoms. The number of carbonyl (C=O) groups is 1. The number of aromatic amines is 1. The number of hydrogen-bond donors (Lipinski definition) is 2. The molecule has 0 unspecified atom stereocenters. The molecule has 92 valence electrons. The Morgan fingerprint density at radius 2 is 2.11 bits per heavy atom. The Kier molecular flexibility index (Phi) is 2.59. The highest BCUT2D eigenvalue weighted by molar-refractivity contribution is 6.33. The minimum absolute atomic E-state index is 0.0367. The highest BCUT2D eigenvalue weighted by Gasteiger charge is 2.21. The molecule has 0 amide bonds. The van der Waals surface area contributed by atoms with Crippen molar-refractivity contribution in [3.05, 3.63) is 40.0 Å². The molecular formula is C13H11ClN2O2. The van der Waals surface area contributed by atoms with E-state index >= 15 is 0 Å². The van der Waals surface area contributed by atoms with Gasteiger partial charge >= 0.3 is 5.97 Å². The smallest absolute Gasteiger partial charge is 0.341 e. The summed E-state index contributed by atoms with van der Waals surface area (Å²) in [5.41, 5.74) is 3.87. The van der Waals surface area contributed by atoms with Gasteiger partial charge in [0.1, 0.15) is 16.4 Å². The lowest BCUT2D eigenvalue weighted by Crippen LogP contribution is -1.98. The van der Waals surface area contributed by atoms with E-state index in [1.807, 2.05) is 18.2 Å². The molecule has 1 aromatic heterocycles. The van der Waals surface area contributed by atoms with E-state index in [-0.39, 0.29) is 10.7 Å². The predicted molar refractivity (Wildman–Crippen MR) is 68.0 cm³/mol. The third-order valence-corrected chi connectivity index (χ3v) is 3.58. The Morgan fingerprint density at radius 3 is 2.89 bits per heavy atom. The van der Waals surface area contributed by atoms with Crippen LogP contribution in [0.2, 0.25) is 5.15 Å². The van der Waals surface area contributed by atoms with Crippen LogP contribution in [0, 0.1) is 0 Å². The predicted octanol–water partition coefficient (Wildman–Crippen LogP) is 2.92. The first-order chi connectivity index (χ1) is 8.66. The lowest BCUT2D eigenvalue weighted by atomic mass is 10.0. The molecule has 3 rings (SSSR count). The maximum atomic E-state index is 11.2. The van der Waals surface area contributed by atoms with E-state index in [2.05, 4.69) is 10.2 Å². The number of halogens is 1. The van der Waals surface area contributed by atoms with Crippen LogP contribution in [0.25, 0.3) is 11.3 Å². The van der Waals surface area contributed by atoms with Gasteiger partial charge in [-0.25, -0.2) is 4.79 Å². The first-order valence-corrected chi connectivity index (χ1v) is 6.14. The summed E-state index contributed by atoms with van der Waals surface area (Å²) in [6, 6.07) is 5.97. The average molecular weight is 263 g/mol. The van der Waals surface area contributed by atoms with Gasteiger partial charge in [-0.1, -0.05) is 23.7 Å². The van der Waals surface area contributed by atoms with Crippen molar-refractivity contribution in [2.45, 2.75) is 19.3 Å². The van der Waals surface area contributed by atoms with Crippen molar-refractivity contribution in [3.63, 3.8) is 0 Å². The van der Waals surface area contributed by atoms with Crippen molar-refractivity contribution in [2.24, 2.45) is 0 Å². The number of H-pyrrole nitrogens is 1. The van der Waals surface area contributed by atoms with E-state index in [1.54, 1.807) is 0 Å². The molecule has 1 aliphatic carbocycles. The summed E-state index contributed by atoms with van der Waals surface area (Å²) in [6.45, 7) is 0. The molecule has 5 heteroatoms. The lowest BCUT2D eigenvalue weighted by Gasteiger charge is -2.03. The van der Waals surface area contributed by atoms with E-state index in [1.165, 1.54) is 11.1 Å². The zero-order valence-corrected chi connectivity index (χ0v) is 10.3. The second-order valence-corrected chi connectivity index (χ2v) is 4.78. The van der Waals surface area contributed by atoms with Crippen LogP contribution >= 0.6 is 11.6 Å². The Morgan fingerprint density at radius 1 is 1.33 bits per heavy atom. The van der Waals surface area contributed by atoms with E-state index in [4.69, 9.17) is 16.7 Å². The molecule has 2 aromatic rings. The highest BCUT2D eigenvalue weighted by Crippen LogP contribution is 2.31. The minimum Gasteiger partial charge on any atom is -0.478 e. The Labute approximate surface area is 109 Å². The lowest BCUT2D eigenvalue weighted by molar-refractivity contribution is 0.0698. The van der Waals surface area contributed by atoms with Gasteiger partial charge in [0.2, 0.25) is 0 Å². The van der Waals surface area contributed by atoms with Crippen molar-refractivity contribution >= 4 is 17.6 Å². The van der Waals surface area contributed by atoms with Crippen LogP contribution in [-0.4, -0.2) is 21.3 Å². The van der Waals surface area contributed by atoms with Gasteiger partial charge in [-0.15, -0.1) is 0 Å². The number of fused-ring (bicyclic) bond motifs is 1. The molecule has 18 heavy (non-hydrogen) atoms. The molecule has 1 aromatic carbocycles. The summed E-state index contributed by atoms with van der Waals surface area (Å²) in [5.74, 6) is -1.07. The largest absolute Gasteiger partial charge is 0.478 e. The van der Waals surface area contributed by atoms with Crippen molar-refractivity contribution in [3.8, 4) is 11.3 Å². The number of hydrogen-bond acceptors (Lipinski definition) is 2. The number of nitrogens with zero attached hydrogens (tertiary/aromatic N) is 1. The first-order valence-electron chi connectivity index (χ1n) is 5.76. The zero-order chi connectivity index (χ0) is 12.7. The van der Waals surface area contributed by atoms with Gasteiger partial charge < -0.3 is 5.11 Å². The number of aromatic carboxylic acids is 1. The van der Waals surface area contributed by atoms with Gasteiger partial charge in [-0.2, -0.15) is 5.10 Å². The Balaban J connectivity index is 2.13. The van der Waals surface area contributed by atoms with Crippen molar-refractivity contribution < 1.29 is 9.90 Å². The normalized spacial score (nSPS) is 13.6. The second-order valence-electron chi connectivity index (χ2n) is 4.40. The van der Waals surface area contributed by atoms with Crippen molar-refractivity contribution in [1.29, 1.82) is 0 Å². The summed E-state index contributed by atoms with van der Waals surface area (Å²) in [6.07, 6.45) is 3.30. The minimum atomic E-state index is -1.07. The molecule has 1 aliphatic rings. The maximum Gasteiger partial charge on any atom is 0.341 e. The van der Waals surface area contributed by atoms with Crippen LogP contribution in [0.1, 0.15) is 27.9 Å². The second kappa shape index (κ2) is 4.14. The number of carboxylic acid groups (broad SMARTS) is 1. The standard InChI is InChI=1S/C13H11ClN2O2/c14-12-10(13(17)18)11(15-16-12)9-5-4-7-2-1-3-8(7)6-9/h4-6H,1-3H2,(H,15,16)(H,17,18). The fraction of sp³-hybridized carbons (Fsp3) is 0.231. The topological polar surface area (TPSA) is 66.0 Å². The van der Waals surface area contributed by atoms with Crippen LogP contribution in [0.4, 0.5) is 0 Å². The summed E-state index contributed by atoms with van der Waals surface area (Å²) in [5, 5.41) is 15.7. The van der Waals surface area contributed by atoms with Crippen LogP contribution in [0.15, 0.2) is 18.2 Å². The molecule has 2 N–H and O–H groups in total. The molecule has 0 aliphatic heterocycles. The van der Waals surface area contributed by atoms with Gasteiger partial charge in [0, 0.05) is 5.56 Å². The summed E-state index contributed by atoms with van der Waals surface area (Å²) in [4.78, 5) is 11.2. The van der Waals surface area contributed by atoms with Gasteiger partial charge in [0.15, 0.2) is 0 Å². The monoisotopic (exact) mass is 262 g/mol. The van der Waals surface area contributed by atoms with Crippen LogP contribution < -0.4 is 0 Å². The third kappa shape index (κ3) is 1.69. The number of benzene rings is 1. The summed E-state index contributed by atoms with van der Waals surface area (Å²) in [7, 11) is 0. The van der Waals surface area contributed by atoms with E-state index < -0.39 is 5.97 Å². The number of aryl methyl sites for hydroxylation is 2. The molecule has 0 radical (unpaired) electrons. The Hall–Kier alpha value is -1.81. The molecule has 0 fully saturated rings. The van der Waals surface area contributed by atoms with Gasteiger partial charge in [0.05, 0.1) is 0 Å². The number of nitrogens with one attached hydrogen (secondary N) is 1. The quantitative estimate of drug-likeness (QED) is 0.874. The number of carboxylic acids is 1. The number of aromatic nitrogens is 2. The molecule has 0 bridgehead atoms. The maximum absolute atomic E-state index is 11.2.